The summed E-state index contributed by atoms with van der Waals surface area (Å²) in [7, 11) is 1.67. The minimum absolute atomic E-state index is 0.817. The largest absolute Gasteiger partial charge is 0.497 e. The maximum atomic E-state index is 6.03. The first-order chi connectivity index (χ1) is 7.79. The third kappa shape index (κ3) is 2.85. The van der Waals surface area contributed by atoms with Crippen molar-refractivity contribution in [3.63, 3.8) is 0 Å². The zero-order valence-electron chi connectivity index (χ0n) is 9.74. The topological polar surface area (TPSA) is 35.2 Å². The number of thioether (sulfide) groups is 1. The van der Waals surface area contributed by atoms with Gasteiger partial charge in [0.25, 0.3) is 0 Å². The lowest BCUT2D eigenvalue weighted by Gasteiger charge is -2.22. The SMILES string of the molecule is COc1ccc(CC2CCSCC2)c(N)c1. The second-order valence-electron chi connectivity index (χ2n) is 4.32. The minimum atomic E-state index is 0.817. The molecule has 0 atom stereocenters. The Morgan fingerprint density at radius 1 is 1.38 bits per heavy atom. The number of hydrogen-bond donors (Lipinski definition) is 1. The molecule has 1 fully saturated rings. The van der Waals surface area contributed by atoms with Gasteiger partial charge in [-0.2, -0.15) is 11.8 Å². The first kappa shape index (κ1) is 11.6. The number of hydrogen-bond acceptors (Lipinski definition) is 3. The van der Waals surface area contributed by atoms with E-state index in [1.54, 1.807) is 7.11 Å². The minimum Gasteiger partial charge on any atom is -0.497 e. The van der Waals surface area contributed by atoms with Crippen molar-refractivity contribution in [2.24, 2.45) is 5.92 Å². The van der Waals surface area contributed by atoms with Gasteiger partial charge in [-0.05, 0) is 48.3 Å². The maximum absolute atomic E-state index is 6.03. The van der Waals surface area contributed by atoms with Gasteiger partial charge in [-0.15, -0.1) is 0 Å². The van der Waals surface area contributed by atoms with Crippen LogP contribution in [0.2, 0.25) is 0 Å². The molecule has 1 heterocycles. The van der Waals surface area contributed by atoms with Crippen molar-refractivity contribution in [3.8, 4) is 5.75 Å². The van der Waals surface area contributed by atoms with E-state index in [9.17, 15) is 0 Å². The quantitative estimate of drug-likeness (QED) is 0.821. The lowest BCUT2D eigenvalue weighted by Crippen LogP contribution is -2.13. The lowest BCUT2D eigenvalue weighted by molar-refractivity contribution is 0.414. The van der Waals surface area contributed by atoms with Gasteiger partial charge in [0.1, 0.15) is 5.75 Å². The van der Waals surface area contributed by atoms with Crippen LogP contribution in [0.4, 0.5) is 5.69 Å². The van der Waals surface area contributed by atoms with Gasteiger partial charge in [0, 0.05) is 11.8 Å². The van der Waals surface area contributed by atoms with Crippen molar-refractivity contribution in [3.05, 3.63) is 23.8 Å². The first-order valence-electron chi connectivity index (χ1n) is 5.79. The fourth-order valence-electron chi connectivity index (χ4n) is 2.15. The Bertz CT molecular complexity index is 348. The van der Waals surface area contributed by atoms with Crippen molar-refractivity contribution < 1.29 is 4.74 Å². The Kier molecular flexibility index (Phi) is 3.99. The van der Waals surface area contributed by atoms with E-state index in [0.29, 0.717) is 0 Å². The summed E-state index contributed by atoms with van der Waals surface area (Å²) in [4.78, 5) is 0. The number of methoxy groups -OCH3 is 1. The zero-order chi connectivity index (χ0) is 11.4. The standard InChI is InChI=1S/C13H19NOS/c1-15-12-3-2-11(13(14)9-12)8-10-4-6-16-7-5-10/h2-3,9-10H,4-8,14H2,1H3. The van der Waals surface area contributed by atoms with Crippen LogP contribution >= 0.6 is 11.8 Å². The Balaban J connectivity index is 2.03. The number of nitrogens with two attached hydrogens (primary N) is 1. The summed E-state index contributed by atoms with van der Waals surface area (Å²) in [5.41, 5.74) is 8.18. The fourth-order valence-corrected chi connectivity index (χ4v) is 3.35. The maximum Gasteiger partial charge on any atom is 0.120 e. The van der Waals surface area contributed by atoms with E-state index in [1.165, 1.54) is 29.9 Å². The number of rotatable bonds is 3. The summed E-state index contributed by atoms with van der Waals surface area (Å²) in [5, 5.41) is 0. The molecule has 1 aliphatic rings. The third-order valence-corrected chi connectivity index (χ3v) is 4.25. The highest BCUT2D eigenvalue weighted by atomic mass is 32.2. The van der Waals surface area contributed by atoms with Gasteiger partial charge in [0.05, 0.1) is 7.11 Å². The summed E-state index contributed by atoms with van der Waals surface area (Å²) in [6.45, 7) is 0. The zero-order valence-corrected chi connectivity index (χ0v) is 10.6. The van der Waals surface area contributed by atoms with E-state index < -0.39 is 0 Å². The molecule has 2 rings (SSSR count). The smallest absolute Gasteiger partial charge is 0.120 e. The van der Waals surface area contributed by atoms with E-state index >= 15 is 0 Å². The average molecular weight is 237 g/mol. The van der Waals surface area contributed by atoms with Gasteiger partial charge < -0.3 is 10.5 Å². The van der Waals surface area contributed by atoms with Crippen LogP contribution in [0.1, 0.15) is 18.4 Å². The molecule has 3 heteroatoms. The van der Waals surface area contributed by atoms with E-state index in [4.69, 9.17) is 10.5 Å². The molecule has 2 nitrogen and oxygen atoms in total. The molecule has 16 heavy (non-hydrogen) atoms. The number of anilines is 1. The van der Waals surface area contributed by atoms with E-state index in [0.717, 1.165) is 23.8 Å². The molecular formula is C13H19NOS. The van der Waals surface area contributed by atoms with E-state index in [1.807, 2.05) is 12.1 Å². The van der Waals surface area contributed by atoms with Gasteiger partial charge in [-0.1, -0.05) is 6.07 Å². The molecule has 1 aromatic carbocycles. The normalized spacial score (nSPS) is 17.3. The third-order valence-electron chi connectivity index (χ3n) is 3.20. The molecule has 1 aromatic rings. The predicted octanol–water partition coefficient (Wildman–Crippen LogP) is 2.96. The van der Waals surface area contributed by atoms with Gasteiger partial charge in [-0.25, -0.2) is 0 Å². The fraction of sp³-hybridized carbons (Fsp3) is 0.538. The van der Waals surface area contributed by atoms with E-state index in [-0.39, 0.29) is 0 Å². The molecule has 88 valence electrons. The molecule has 1 saturated heterocycles. The summed E-state index contributed by atoms with van der Waals surface area (Å²) in [6, 6.07) is 6.03. The number of nitrogen functional groups attached to an aromatic ring is 1. The van der Waals surface area contributed by atoms with Crippen LogP contribution in [0.15, 0.2) is 18.2 Å². The van der Waals surface area contributed by atoms with Gasteiger partial charge in [0.15, 0.2) is 0 Å². The number of ether oxygens (including phenoxy) is 1. The van der Waals surface area contributed by atoms with Crippen molar-refractivity contribution >= 4 is 17.4 Å². The highest BCUT2D eigenvalue weighted by Crippen LogP contribution is 2.29. The Labute approximate surface area is 102 Å². The molecular weight excluding hydrogens is 218 g/mol. The molecule has 0 aliphatic carbocycles. The molecule has 2 N–H and O–H groups in total. The van der Waals surface area contributed by atoms with Crippen molar-refractivity contribution in [1.82, 2.24) is 0 Å². The van der Waals surface area contributed by atoms with Crippen LogP contribution in [0.5, 0.6) is 5.75 Å². The second-order valence-corrected chi connectivity index (χ2v) is 5.55. The lowest BCUT2D eigenvalue weighted by atomic mass is 9.93. The van der Waals surface area contributed by atoms with Crippen molar-refractivity contribution in [2.75, 3.05) is 24.3 Å². The molecule has 0 bridgehead atoms. The predicted molar refractivity (Wildman–Crippen MR) is 71.2 cm³/mol. The Hall–Kier alpha value is -0.830. The molecule has 1 aliphatic heterocycles. The van der Waals surface area contributed by atoms with Crippen LogP contribution in [-0.4, -0.2) is 18.6 Å². The Morgan fingerprint density at radius 3 is 2.75 bits per heavy atom. The molecule has 0 unspecified atom stereocenters. The van der Waals surface area contributed by atoms with E-state index in [2.05, 4.69) is 17.8 Å². The summed E-state index contributed by atoms with van der Waals surface area (Å²) < 4.78 is 5.16. The average Bonchev–Trinajstić information content (AvgIpc) is 2.33. The van der Waals surface area contributed by atoms with Crippen molar-refractivity contribution in [2.45, 2.75) is 19.3 Å². The van der Waals surface area contributed by atoms with Crippen molar-refractivity contribution in [1.29, 1.82) is 0 Å². The molecule has 0 spiro atoms. The first-order valence-corrected chi connectivity index (χ1v) is 6.95. The van der Waals surface area contributed by atoms with Crippen LogP contribution in [0, 0.1) is 5.92 Å². The molecule has 0 amide bonds. The second kappa shape index (κ2) is 5.48. The van der Waals surface area contributed by atoms with Crippen LogP contribution in [0.25, 0.3) is 0 Å². The Morgan fingerprint density at radius 2 is 2.12 bits per heavy atom. The summed E-state index contributed by atoms with van der Waals surface area (Å²) >= 11 is 2.07. The summed E-state index contributed by atoms with van der Waals surface area (Å²) in [5.74, 6) is 4.28. The number of benzene rings is 1. The highest BCUT2D eigenvalue weighted by molar-refractivity contribution is 7.99. The highest BCUT2D eigenvalue weighted by Gasteiger charge is 2.15. The molecule has 0 aromatic heterocycles. The van der Waals surface area contributed by atoms with Gasteiger partial charge in [-0.3, -0.25) is 0 Å². The monoisotopic (exact) mass is 237 g/mol. The van der Waals surface area contributed by atoms with Gasteiger partial charge in [0.2, 0.25) is 0 Å². The molecule has 0 radical (unpaired) electrons. The van der Waals surface area contributed by atoms with Gasteiger partial charge >= 0.3 is 0 Å². The van der Waals surface area contributed by atoms with Crippen LogP contribution in [0.3, 0.4) is 0 Å². The summed E-state index contributed by atoms with van der Waals surface area (Å²) in [6.07, 6.45) is 3.78. The molecule has 0 saturated carbocycles. The van der Waals surface area contributed by atoms with Crippen LogP contribution in [-0.2, 0) is 6.42 Å². The van der Waals surface area contributed by atoms with Crippen LogP contribution < -0.4 is 10.5 Å².